The molecule has 0 bridgehead atoms. The Morgan fingerprint density at radius 1 is 1.30 bits per heavy atom. The van der Waals surface area contributed by atoms with Crippen LogP contribution in [0.2, 0.25) is 5.28 Å². The van der Waals surface area contributed by atoms with Gasteiger partial charge in [-0.3, -0.25) is 4.79 Å². The number of carbonyl (C=O) groups excluding carboxylic acids is 1. The van der Waals surface area contributed by atoms with Crippen molar-refractivity contribution in [2.45, 2.75) is 32.0 Å². The zero-order chi connectivity index (χ0) is 17.0. The summed E-state index contributed by atoms with van der Waals surface area (Å²) < 4.78 is 36.3. The van der Waals surface area contributed by atoms with Crippen molar-refractivity contribution in [2.24, 2.45) is 0 Å². The van der Waals surface area contributed by atoms with Gasteiger partial charge >= 0.3 is 6.18 Å². The lowest BCUT2D eigenvalue weighted by Crippen LogP contribution is -2.42. The van der Waals surface area contributed by atoms with Crippen molar-refractivity contribution in [3.63, 3.8) is 0 Å². The second-order valence-electron chi connectivity index (χ2n) is 5.12. The number of amides is 1. The summed E-state index contributed by atoms with van der Waals surface area (Å²) in [5.74, 6) is -0.393. The van der Waals surface area contributed by atoms with E-state index in [0.717, 1.165) is 25.9 Å². The van der Waals surface area contributed by atoms with E-state index in [4.69, 9.17) is 11.6 Å². The average Bonchev–Trinajstić information content (AvgIpc) is 2.97. The van der Waals surface area contributed by atoms with E-state index >= 15 is 0 Å². The number of rotatable bonds is 5. The zero-order valence-electron chi connectivity index (χ0n) is 12.3. The lowest BCUT2D eigenvalue weighted by Gasteiger charge is -2.18. The van der Waals surface area contributed by atoms with E-state index in [-0.39, 0.29) is 11.2 Å². The van der Waals surface area contributed by atoms with E-state index < -0.39 is 24.7 Å². The third-order valence-corrected chi connectivity index (χ3v) is 3.36. The average molecular weight is 353 g/mol. The number of alkyl halides is 3. The first-order valence-corrected chi connectivity index (χ1v) is 7.40. The molecule has 1 atom stereocenters. The summed E-state index contributed by atoms with van der Waals surface area (Å²) in [6.45, 7) is 1.59. The molecule has 1 aromatic rings. The van der Waals surface area contributed by atoms with E-state index in [0.29, 0.717) is 5.95 Å². The predicted molar refractivity (Wildman–Crippen MR) is 78.4 cm³/mol. The van der Waals surface area contributed by atoms with Crippen molar-refractivity contribution in [3.8, 4) is 0 Å². The van der Waals surface area contributed by atoms with Crippen LogP contribution in [-0.2, 0) is 4.79 Å². The van der Waals surface area contributed by atoms with Crippen molar-refractivity contribution in [1.82, 2.24) is 20.3 Å². The molecule has 0 spiro atoms. The second kappa shape index (κ2) is 7.16. The van der Waals surface area contributed by atoms with Gasteiger partial charge in [-0.05, 0) is 31.4 Å². The standard InChI is InChI=1S/C12H16ClF3N6O/c1-7(8(23)17-6-12(14,15)16)18-10-19-9(13)20-11(21-10)22-4-2-3-5-22/h7H,2-6H2,1H3,(H,17,23)(H,18,19,20,21)/t7-/m0/s1. The summed E-state index contributed by atoms with van der Waals surface area (Å²) in [4.78, 5) is 25.6. The van der Waals surface area contributed by atoms with Crippen molar-refractivity contribution in [3.05, 3.63) is 5.28 Å². The number of halogens is 4. The SMILES string of the molecule is C[C@H](Nc1nc(Cl)nc(N2CCCC2)n1)C(=O)NCC(F)(F)F. The zero-order valence-corrected chi connectivity index (χ0v) is 13.1. The van der Waals surface area contributed by atoms with Gasteiger partial charge in [0.1, 0.15) is 12.6 Å². The van der Waals surface area contributed by atoms with Gasteiger partial charge in [-0.25, -0.2) is 0 Å². The molecule has 128 valence electrons. The molecule has 11 heteroatoms. The molecule has 0 aromatic carbocycles. The minimum absolute atomic E-state index is 0.0431. The smallest absolute Gasteiger partial charge is 0.345 e. The summed E-state index contributed by atoms with van der Waals surface area (Å²) >= 11 is 5.83. The largest absolute Gasteiger partial charge is 0.405 e. The van der Waals surface area contributed by atoms with Crippen LogP contribution in [0.1, 0.15) is 19.8 Å². The van der Waals surface area contributed by atoms with E-state index in [1.807, 2.05) is 4.90 Å². The fourth-order valence-electron chi connectivity index (χ4n) is 2.06. The monoisotopic (exact) mass is 352 g/mol. The van der Waals surface area contributed by atoms with Crippen LogP contribution in [0.5, 0.6) is 0 Å². The Kier molecular flexibility index (Phi) is 5.45. The molecule has 2 rings (SSSR count). The number of aromatic nitrogens is 3. The molecule has 1 fully saturated rings. The highest BCUT2D eigenvalue weighted by atomic mass is 35.5. The number of carbonyl (C=O) groups is 1. The summed E-state index contributed by atoms with van der Waals surface area (Å²) in [5, 5.41) is 4.37. The van der Waals surface area contributed by atoms with Crippen molar-refractivity contribution >= 4 is 29.4 Å². The fourth-order valence-corrected chi connectivity index (χ4v) is 2.22. The number of nitrogens with zero attached hydrogens (tertiary/aromatic N) is 4. The molecule has 0 unspecified atom stereocenters. The van der Waals surface area contributed by atoms with Crippen LogP contribution in [0, 0.1) is 0 Å². The van der Waals surface area contributed by atoms with Crippen LogP contribution < -0.4 is 15.5 Å². The first-order chi connectivity index (χ1) is 10.7. The number of nitrogens with one attached hydrogen (secondary N) is 2. The van der Waals surface area contributed by atoms with Gasteiger partial charge in [0.25, 0.3) is 0 Å². The number of hydrogen-bond donors (Lipinski definition) is 2. The molecule has 1 amide bonds. The van der Waals surface area contributed by atoms with E-state index in [9.17, 15) is 18.0 Å². The van der Waals surface area contributed by atoms with Crippen molar-refractivity contribution in [2.75, 3.05) is 29.9 Å². The van der Waals surface area contributed by atoms with Crippen molar-refractivity contribution in [1.29, 1.82) is 0 Å². The van der Waals surface area contributed by atoms with Crippen LogP contribution in [0.15, 0.2) is 0 Å². The maximum Gasteiger partial charge on any atom is 0.405 e. The van der Waals surface area contributed by atoms with Gasteiger partial charge in [-0.1, -0.05) is 0 Å². The Labute approximate surface area is 135 Å². The predicted octanol–water partition coefficient (Wildman–Crippen LogP) is 1.60. The highest BCUT2D eigenvalue weighted by molar-refractivity contribution is 6.28. The van der Waals surface area contributed by atoms with E-state index in [2.05, 4.69) is 20.3 Å². The fraction of sp³-hybridized carbons (Fsp3) is 0.667. The third kappa shape index (κ3) is 5.38. The molecule has 0 saturated carbocycles. The second-order valence-corrected chi connectivity index (χ2v) is 5.46. The van der Waals surface area contributed by atoms with Gasteiger partial charge in [0.05, 0.1) is 0 Å². The van der Waals surface area contributed by atoms with Crippen LogP contribution in [-0.4, -0.2) is 52.7 Å². The Morgan fingerprint density at radius 2 is 1.96 bits per heavy atom. The van der Waals surface area contributed by atoms with Crippen LogP contribution in [0.25, 0.3) is 0 Å². The first-order valence-electron chi connectivity index (χ1n) is 7.02. The highest BCUT2D eigenvalue weighted by Crippen LogP contribution is 2.19. The summed E-state index contributed by atoms with van der Waals surface area (Å²) in [7, 11) is 0. The Hall–Kier alpha value is -1.84. The van der Waals surface area contributed by atoms with Gasteiger partial charge in [-0.15, -0.1) is 0 Å². The molecule has 1 saturated heterocycles. The maximum atomic E-state index is 12.1. The van der Waals surface area contributed by atoms with Crippen LogP contribution in [0.3, 0.4) is 0 Å². The van der Waals surface area contributed by atoms with Gasteiger partial charge in [0.2, 0.25) is 23.1 Å². The minimum Gasteiger partial charge on any atom is -0.345 e. The van der Waals surface area contributed by atoms with E-state index in [1.54, 1.807) is 5.32 Å². The molecule has 1 aliphatic rings. The molecule has 0 aliphatic carbocycles. The minimum atomic E-state index is -4.46. The lowest BCUT2D eigenvalue weighted by molar-refractivity contribution is -0.138. The summed E-state index contributed by atoms with van der Waals surface area (Å²) in [6.07, 6.45) is -2.43. The Bertz CT molecular complexity index is 564. The maximum absolute atomic E-state index is 12.1. The molecule has 1 aliphatic heterocycles. The highest BCUT2D eigenvalue weighted by Gasteiger charge is 2.29. The van der Waals surface area contributed by atoms with Gasteiger partial charge in [0, 0.05) is 13.1 Å². The normalized spacial score (nSPS) is 16.3. The van der Waals surface area contributed by atoms with Gasteiger partial charge in [-0.2, -0.15) is 28.1 Å². The molecule has 23 heavy (non-hydrogen) atoms. The molecule has 2 N–H and O–H groups in total. The number of hydrogen-bond acceptors (Lipinski definition) is 6. The third-order valence-electron chi connectivity index (χ3n) is 3.19. The molecule has 7 nitrogen and oxygen atoms in total. The topological polar surface area (TPSA) is 83.0 Å². The first kappa shape index (κ1) is 17.5. The van der Waals surface area contributed by atoms with Gasteiger partial charge in [0.15, 0.2) is 0 Å². The molecular weight excluding hydrogens is 337 g/mol. The number of anilines is 2. The molecule has 2 heterocycles. The molecule has 0 radical (unpaired) electrons. The Balaban J connectivity index is 1.99. The quantitative estimate of drug-likeness (QED) is 0.837. The summed E-state index contributed by atoms with van der Waals surface area (Å²) in [6, 6.07) is -0.956. The Morgan fingerprint density at radius 3 is 2.57 bits per heavy atom. The van der Waals surface area contributed by atoms with Crippen LogP contribution in [0.4, 0.5) is 25.1 Å². The van der Waals surface area contributed by atoms with Crippen molar-refractivity contribution < 1.29 is 18.0 Å². The van der Waals surface area contributed by atoms with Crippen LogP contribution >= 0.6 is 11.6 Å². The molecule has 1 aromatic heterocycles. The van der Waals surface area contributed by atoms with E-state index in [1.165, 1.54) is 6.92 Å². The van der Waals surface area contributed by atoms with Gasteiger partial charge < -0.3 is 15.5 Å². The lowest BCUT2D eigenvalue weighted by atomic mass is 10.3. The summed E-state index contributed by atoms with van der Waals surface area (Å²) in [5.41, 5.74) is 0. The molecular formula is C12H16ClF3N6O.